The molecule has 0 spiro atoms. The average Bonchev–Trinajstić information content (AvgIpc) is 4.08. The molecule has 10 heteroatoms. The fourth-order valence-corrected chi connectivity index (χ4v) is 7.45. The van der Waals surface area contributed by atoms with Crippen LogP contribution in [-0.4, -0.2) is 73.2 Å². The molecule has 0 radical (unpaired) electrons. The second-order valence-electron chi connectivity index (χ2n) is 15.1. The molecule has 1 N–H and O–H groups in total. The minimum atomic E-state index is -0.737. The van der Waals surface area contributed by atoms with Crippen molar-refractivity contribution in [3.05, 3.63) is 130 Å². The fraction of sp³-hybridized carbons (Fsp3) is 0.405. The van der Waals surface area contributed by atoms with E-state index in [0.29, 0.717) is 42.7 Å². The van der Waals surface area contributed by atoms with Crippen LogP contribution in [0.25, 0.3) is 0 Å². The number of halogens is 4. The number of nitrogens with zero attached hydrogens (tertiary/aromatic N) is 4. The van der Waals surface area contributed by atoms with E-state index in [-0.39, 0.29) is 0 Å². The predicted molar refractivity (Wildman–Crippen MR) is 196 cm³/mol. The van der Waals surface area contributed by atoms with Crippen LogP contribution in [0.15, 0.2) is 84.9 Å². The lowest BCUT2D eigenvalue weighted by Crippen LogP contribution is -2.46. The van der Waals surface area contributed by atoms with Gasteiger partial charge in [-0.15, -0.1) is 0 Å². The van der Waals surface area contributed by atoms with Gasteiger partial charge in [0.1, 0.15) is 23.3 Å². The zero-order chi connectivity index (χ0) is 36.5. The molecule has 4 aliphatic rings. The van der Waals surface area contributed by atoms with Crippen molar-refractivity contribution in [1.82, 2.24) is 9.80 Å². The largest absolute Gasteiger partial charge is 0.481 e. The molecule has 0 unspecified atom stereocenters. The Morgan fingerprint density at radius 3 is 1.33 bits per heavy atom. The minimum absolute atomic E-state index is 0.420. The van der Waals surface area contributed by atoms with Gasteiger partial charge in [0.05, 0.1) is 16.8 Å². The molecule has 0 atom stereocenters. The summed E-state index contributed by atoms with van der Waals surface area (Å²) < 4.78 is 54.0. The highest BCUT2D eigenvalue weighted by Gasteiger charge is 2.51. The summed E-state index contributed by atoms with van der Waals surface area (Å²) in [7, 11) is 0. The number of hydrogen-bond donors (Lipinski definition) is 1. The van der Waals surface area contributed by atoms with Gasteiger partial charge < -0.3 is 14.9 Å². The van der Waals surface area contributed by atoms with Crippen molar-refractivity contribution in [2.24, 2.45) is 0 Å². The van der Waals surface area contributed by atoms with Crippen molar-refractivity contribution in [2.45, 2.75) is 56.5 Å². The van der Waals surface area contributed by atoms with Gasteiger partial charge in [-0.3, -0.25) is 14.6 Å². The van der Waals surface area contributed by atoms with Gasteiger partial charge in [0.15, 0.2) is 0 Å². The smallest absolute Gasteiger partial charge is 0.314 e. The molecule has 0 aromatic heterocycles. The molecule has 0 amide bonds. The molecule has 4 fully saturated rings. The molecule has 2 saturated heterocycles. The highest BCUT2D eigenvalue weighted by Crippen LogP contribution is 2.48. The molecule has 0 bridgehead atoms. The maximum atomic E-state index is 13.9. The van der Waals surface area contributed by atoms with E-state index in [4.69, 9.17) is 0 Å². The molecule has 2 aliphatic carbocycles. The van der Waals surface area contributed by atoms with Gasteiger partial charge in [0.2, 0.25) is 0 Å². The molecule has 8 rings (SSSR count). The van der Waals surface area contributed by atoms with Crippen LogP contribution in [0.1, 0.15) is 54.9 Å². The van der Waals surface area contributed by atoms with Crippen molar-refractivity contribution in [3.63, 3.8) is 0 Å². The quantitative estimate of drug-likeness (QED) is 0.179. The second-order valence-corrected chi connectivity index (χ2v) is 15.1. The van der Waals surface area contributed by atoms with E-state index in [1.54, 1.807) is 0 Å². The zero-order valence-corrected chi connectivity index (χ0v) is 29.6. The maximum Gasteiger partial charge on any atom is 0.314 e. The molecular formula is C42H46F4N4O2. The van der Waals surface area contributed by atoms with Gasteiger partial charge in [-0.05, 0) is 77.6 Å². The van der Waals surface area contributed by atoms with Crippen LogP contribution in [0.4, 0.5) is 28.9 Å². The molecule has 6 nitrogen and oxygen atoms in total. The van der Waals surface area contributed by atoms with Gasteiger partial charge in [-0.1, -0.05) is 55.5 Å². The highest BCUT2D eigenvalue weighted by molar-refractivity contribution is 5.84. The summed E-state index contributed by atoms with van der Waals surface area (Å²) in [5.41, 5.74) is 5.51. The average molecular weight is 715 g/mol. The Morgan fingerprint density at radius 1 is 0.577 bits per heavy atom. The first-order valence-corrected chi connectivity index (χ1v) is 18.3. The molecule has 2 heterocycles. The minimum Gasteiger partial charge on any atom is -0.481 e. The lowest BCUT2D eigenvalue weighted by atomic mass is 9.95. The van der Waals surface area contributed by atoms with Gasteiger partial charge in [-0.25, -0.2) is 17.6 Å². The van der Waals surface area contributed by atoms with Crippen molar-refractivity contribution >= 4 is 17.3 Å². The summed E-state index contributed by atoms with van der Waals surface area (Å²) in [5, 5.41) is 9.38. The topological polar surface area (TPSA) is 50.3 Å². The van der Waals surface area contributed by atoms with Crippen molar-refractivity contribution in [2.75, 3.05) is 62.2 Å². The molecule has 52 heavy (non-hydrogen) atoms. The number of carboxylic acids is 1. The van der Waals surface area contributed by atoms with Crippen LogP contribution in [0.3, 0.4) is 0 Å². The van der Waals surface area contributed by atoms with Crippen molar-refractivity contribution in [3.8, 4) is 0 Å². The Kier molecular flexibility index (Phi) is 10.3. The Bertz CT molecular complexity index is 1860. The Morgan fingerprint density at radius 2 is 0.981 bits per heavy atom. The number of carboxylic acid groups (broad SMARTS) is 1. The number of piperazine rings is 2. The van der Waals surface area contributed by atoms with Crippen LogP contribution < -0.4 is 9.80 Å². The predicted octanol–water partition coefficient (Wildman–Crippen LogP) is 7.74. The zero-order valence-electron chi connectivity index (χ0n) is 29.6. The van der Waals surface area contributed by atoms with E-state index in [9.17, 15) is 27.5 Å². The van der Waals surface area contributed by atoms with E-state index in [2.05, 4.69) is 41.0 Å². The first-order valence-electron chi connectivity index (χ1n) is 18.3. The summed E-state index contributed by atoms with van der Waals surface area (Å²) in [6, 6.07) is 24.4. The number of hydrogen-bond acceptors (Lipinski definition) is 5. The Hall–Kier alpha value is -4.41. The molecule has 4 aromatic rings. The molecule has 274 valence electrons. The summed E-state index contributed by atoms with van der Waals surface area (Å²) >= 11 is 0. The standard InChI is InChI=1S/C21H22F2N2O2.C21H24F2N2/c22-17-5-6-19(18(23)13-17)25-11-9-24(10-12-25)14-15-1-3-16(4-2-15)21(7-8-21)20(26)27;1-21(8-9-21)17-4-2-16(3-5-17)15-24-10-12-25(13-11-24)20-7-6-18(22)14-19(20)23/h1-6,13H,7-12,14H2,(H,26,27);2-7,14H,8-13,15H2,1H3. The van der Waals surface area contributed by atoms with Gasteiger partial charge in [0, 0.05) is 77.6 Å². The third-order valence-corrected chi connectivity index (χ3v) is 11.4. The Labute approximate surface area is 303 Å². The SMILES string of the molecule is CC1(c2ccc(CN3CCN(c4ccc(F)cc4F)CC3)cc2)CC1.O=C(O)C1(c2ccc(CN3CCN(c4ccc(F)cc4F)CC3)cc2)CC1. The third kappa shape index (κ3) is 8.13. The van der Waals surface area contributed by atoms with E-state index >= 15 is 0 Å². The lowest BCUT2D eigenvalue weighted by molar-refractivity contribution is -0.140. The number of carbonyl (C=O) groups is 1. The van der Waals surface area contributed by atoms with E-state index < -0.39 is 34.7 Å². The van der Waals surface area contributed by atoms with Gasteiger partial charge in [0.25, 0.3) is 0 Å². The summed E-state index contributed by atoms with van der Waals surface area (Å²) in [4.78, 5) is 20.0. The number of aliphatic carboxylic acids is 1. The summed E-state index contributed by atoms with van der Waals surface area (Å²) in [5.74, 6) is -2.82. The third-order valence-electron chi connectivity index (χ3n) is 11.4. The number of benzene rings is 4. The van der Waals surface area contributed by atoms with Gasteiger partial charge >= 0.3 is 5.97 Å². The van der Waals surface area contributed by atoms with Crippen LogP contribution in [0, 0.1) is 23.3 Å². The summed E-state index contributed by atoms with van der Waals surface area (Å²) in [6.07, 6.45) is 4.02. The second kappa shape index (κ2) is 14.9. The van der Waals surface area contributed by atoms with E-state index in [1.165, 1.54) is 48.2 Å². The number of rotatable bonds is 9. The fourth-order valence-electron chi connectivity index (χ4n) is 7.45. The monoisotopic (exact) mass is 714 g/mol. The van der Waals surface area contributed by atoms with Gasteiger partial charge in [-0.2, -0.15) is 0 Å². The van der Waals surface area contributed by atoms with Crippen LogP contribution in [0.5, 0.6) is 0 Å². The maximum absolute atomic E-state index is 13.9. The summed E-state index contributed by atoms with van der Waals surface area (Å²) in [6.45, 7) is 10.3. The van der Waals surface area contributed by atoms with Crippen molar-refractivity contribution < 1.29 is 27.5 Å². The van der Waals surface area contributed by atoms with E-state index in [0.717, 1.165) is 75.6 Å². The first kappa shape index (κ1) is 36.0. The molecule has 4 aromatic carbocycles. The van der Waals surface area contributed by atoms with Crippen LogP contribution in [0.2, 0.25) is 0 Å². The number of anilines is 2. The van der Waals surface area contributed by atoms with Crippen LogP contribution in [-0.2, 0) is 28.7 Å². The van der Waals surface area contributed by atoms with Crippen LogP contribution >= 0.6 is 0 Å². The first-order chi connectivity index (χ1) is 25.0. The normalized spacial score (nSPS) is 19.5. The highest BCUT2D eigenvalue weighted by atomic mass is 19.1. The molecule has 2 aliphatic heterocycles. The Balaban J connectivity index is 0.000000162. The van der Waals surface area contributed by atoms with E-state index in [1.807, 2.05) is 34.1 Å². The van der Waals surface area contributed by atoms with Crippen molar-refractivity contribution in [1.29, 1.82) is 0 Å². The lowest BCUT2D eigenvalue weighted by Gasteiger charge is -2.36. The molecule has 2 saturated carbocycles. The molecular weight excluding hydrogens is 668 g/mol.